The maximum Gasteiger partial charge on any atom is 0.230 e. The minimum Gasteiger partial charge on any atom is -0.508 e. The van der Waals surface area contributed by atoms with E-state index in [4.69, 9.17) is 14.2 Å². The highest BCUT2D eigenvalue weighted by atomic mass is 32.2. The SMILES string of the molecule is O=C1CC(c2ccc(-c3ccc(SCC4CC(O)C(OC5CC(O)CC(CO)O5)C(CO)O4)cc3)cc2O)N1c1ccc(F)cc1. The molecule has 0 aromatic heterocycles. The highest BCUT2D eigenvalue weighted by Gasteiger charge is 2.42. The summed E-state index contributed by atoms with van der Waals surface area (Å²) in [6, 6.07) is 18.6. The number of aliphatic hydroxyl groups excluding tert-OH is 4. The smallest absolute Gasteiger partial charge is 0.230 e. The van der Waals surface area contributed by atoms with Crippen LogP contribution in [0.5, 0.6) is 5.75 Å². The van der Waals surface area contributed by atoms with E-state index in [9.17, 15) is 34.7 Å². The van der Waals surface area contributed by atoms with E-state index in [1.165, 1.54) is 12.1 Å². The summed E-state index contributed by atoms with van der Waals surface area (Å²) in [5, 5.41) is 51.2. The average Bonchev–Trinajstić information content (AvgIpc) is 3.04. The Kier molecular flexibility index (Phi) is 10.3. The molecule has 0 saturated carbocycles. The van der Waals surface area contributed by atoms with Gasteiger partial charge in [-0.1, -0.05) is 24.3 Å². The van der Waals surface area contributed by atoms with E-state index in [-0.39, 0.29) is 55.7 Å². The first-order valence-electron chi connectivity index (χ1n) is 15.4. The van der Waals surface area contributed by atoms with Crippen LogP contribution >= 0.6 is 11.8 Å². The van der Waals surface area contributed by atoms with Crippen molar-refractivity contribution >= 4 is 23.4 Å². The molecule has 8 unspecified atom stereocenters. The van der Waals surface area contributed by atoms with Crippen molar-refractivity contribution in [1.29, 1.82) is 0 Å². The highest BCUT2D eigenvalue weighted by Crippen LogP contribution is 2.43. The molecule has 246 valence electrons. The molecule has 46 heavy (non-hydrogen) atoms. The first kappa shape index (κ1) is 32.9. The lowest BCUT2D eigenvalue weighted by Crippen LogP contribution is -2.54. The van der Waals surface area contributed by atoms with Gasteiger partial charge < -0.3 is 44.6 Å². The van der Waals surface area contributed by atoms with E-state index >= 15 is 0 Å². The van der Waals surface area contributed by atoms with Crippen LogP contribution in [0.25, 0.3) is 11.1 Å². The maximum absolute atomic E-state index is 13.4. The molecule has 3 aliphatic rings. The molecule has 3 heterocycles. The Morgan fingerprint density at radius 3 is 2.30 bits per heavy atom. The van der Waals surface area contributed by atoms with Crippen molar-refractivity contribution in [2.24, 2.45) is 0 Å². The number of nitrogens with zero attached hydrogens (tertiary/aromatic N) is 1. The van der Waals surface area contributed by atoms with Gasteiger partial charge in [0.2, 0.25) is 5.91 Å². The number of phenolic OH excluding ortho intramolecular Hbond substituents is 1. The normalized spacial score (nSPS) is 29.8. The van der Waals surface area contributed by atoms with Crippen molar-refractivity contribution in [3.05, 3.63) is 78.1 Å². The number of rotatable bonds is 10. The lowest BCUT2D eigenvalue weighted by molar-refractivity contribution is -0.284. The first-order valence-corrected chi connectivity index (χ1v) is 16.4. The van der Waals surface area contributed by atoms with Gasteiger partial charge in [-0.25, -0.2) is 4.39 Å². The number of β-lactam (4-membered cyclic amide) rings is 1. The van der Waals surface area contributed by atoms with Crippen molar-refractivity contribution in [3.63, 3.8) is 0 Å². The number of aliphatic hydroxyl groups is 4. The van der Waals surface area contributed by atoms with Crippen LogP contribution in [-0.2, 0) is 19.0 Å². The zero-order valence-electron chi connectivity index (χ0n) is 25.0. The number of hydrogen-bond donors (Lipinski definition) is 5. The number of hydrogen-bond acceptors (Lipinski definition) is 10. The fourth-order valence-corrected chi connectivity index (χ4v) is 7.24. The second-order valence-electron chi connectivity index (χ2n) is 11.9. The molecule has 3 fully saturated rings. The zero-order chi connectivity index (χ0) is 32.4. The predicted octanol–water partition coefficient (Wildman–Crippen LogP) is 3.52. The van der Waals surface area contributed by atoms with Crippen molar-refractivity contribution in [3.8, 4) is 16.9 Å². The van der Waals surface area contributed by atoms with E-state index in [2.05, 4.69) is 0 Å². The zero-order valence-corrected chi connectivity index (χ0v) is 25.8. The summed E-state index contributed by atoms with van der Waals surface area (Å²) in [6.45, 7) is -0.606. The first-order chi connectivity index (χ1) is 22.2. The van der Waals surface area contributed by atoms with Crippen molar-refractivity contribution < 1.29 is 48.9 Å². The second kappa shape index (κ2) is 14.4. The Hall–Kier alpha value is -3.07. The molecule has 5 N–H and O–H groups in total. The lowest BCUT2D eigenvalue weighted by Gasteiger charge is -2.42. The Morgan fingerprint density at radius 2 is 1.63 bits per heavy atom. The monoisotopic (exact) mass is 655 g/mol. The summed E-state index contributed by atoms with van der Waals surface area (Å²) >= 11 is 1.55. The Morgan fingerprint density at radius 1 is 0.891 bits per heavy atom. The molecule has 12 heteroatoms. The van der Waals surface area contributed by atoms with Gasteiger partial charge in [-0.3, -0.25) is 4.79 Å². The molecule has 0 radical (unpaired) electrons. The molecule has 0 spiro atoms. The number of phenols is 1. The third-order valence-corrected chi connectivity index (χ3v) is 9.86. The third-order valence-electron chi connectivity index (χ3n) is 8.72. The molecule has 3 aromatic rings. The fourth-order valence-electron chi connectivity index (χ4n) is 6.32. The van der Waals surface area contributed by atoms with E-state index in [1.807, 2.05) is 36.4 Å². The predicted molar refractivity (Wildman–Crippen MR) is 168 cm³/mol. The number of anilines is 1. The van der Waals surface area contributed by atoms with Crippen LogP contribution in [-0.4, -0.2) is 93.3 Å². The molecule has 3 aromatic carbocycles. The topological polar surface area (TPSA) is 149 Å². The van der Waals surface area contributed by atoms with E-state index in [0.717, 1.165) is 16.0 Å². The number of ether oxygens (including phenoxy) is 3. The minimum absolute atomic E-state index is 0.0775. The summed E-state index contributed by atoms with van der Waals surface area (Å²) in [6.07, 6.45) is -3.86. The van der Waals surface area contributed by atoms with Crippen LogP contribution in [0.1, 0.15) is 37.3 Å². The van der Waals surface area contributed by atoms with Gasteiger partial charge in [-0.2, -0.15) is 0 Å². The molecule has 8 atom stereocenters. The summed E-state index contributed by atoms with van der Waals surface area (Å²) < 4.78 is 31.0. The van der Waals surface area contributed by atoms with Gasteiger partial charge in [-0.15, -0.1) is 11.8 Å². The van der Waals surface area contributed by atoms with Gasteiger partial charge in [0, 0.05) is 41.2 Å². The molecule has 3 saturated heterocycles. The van der Waals surface area contributed by atoms with Gasteiger partial charge >= 0.3 is 0 Å². The van der Waals surface area contributed by atoms with Crippen molar-refractivity contribution in [2.75, 3.05) is 23.9 Å². The third kappa shape index (κ3) is 7.24. The number of aromatic hydroxyl groups is 1. The largest absolute Gasteiger partial charge is 0.508 e. The van der Waals surface area contributed by atoms with Crippen LogP contribution < -0.4 is 4.90 Å². The maximum atomic E-state index is 13.4. The number of benzene rings is 3. The molecular formula is C34H38FNO9S. The van der Waals surface area contributed by atoms with Crippen LogP contribution in [0.15, 0.2) is 71.6 Å². The summed E-state index contributed by atoms with van der Waals surface area (Å²) in [5.74, 6) is 0.138. The fraction of sp³-hybridized carbons (Fsp3) is 0.441. The van der Waals surface area contributed by atoms with E-state index in [0.29, 0.717) is 29.8 Å². The quantitative estimate of drug-likeness (QED) is 0.162. The van der Waals surface area contributed by atoms with Gasteiger partial charge in [0.25, 0.3) is 0 Å². The van der Waals surface area contributed by atoms with E-state index in [1.54, 1.807) is 34.9 Å². The van der Waals surface area contributed by atoms with Gasteiger partial charge in [0.05, 0.1) is 50.1 Å². The Bertz CT molecular complexity index is 1490. The molecule has 3 aliphatic heterocycles. The summed E-state index contributed by atoms with van der Waals surface area (Å²) in [4.78, 5) is 14.9. The van der Waals surface area contributed by atoms with Gasteiger partial charge in [0.15, 0.2) is 6.29 Å². The van der Waals surface area contributed by atoms with Crippen LogP contribution in [0.3, 0.4) is 0 Å². The van der Waals surface area contributed by atoms with Crippen molar-refractivity contribution in [1.82, 2.24) is 0 Å². The van der Waals surface area contributed by atoms with Crippen LogP contribution in [0, 0.1) is 5.82 Å². The standard InChI is InChI=1S/C34H38FNO9S/c35-21-4-6-22(7-5-21)36-28(15-32(36)42)27-10-3-20(11-29(27)40)19-1-8-26(9-2-19)46-18-25-14-30(41)34(31(17-38)43-25)45-33-13-23(39)12-24(16-37)44-33/h1-11,23-25,28,30-31,33-34,37-41H,12-18H2. The highest BCUT2D eigenvalue weighted by molar-refractivity contribution is 7.99. The van der Waals surface area contributed by atoms with Crippen LogP contribution in [0.4, 0.5) is 10.1 Å². The Balaban J connectivity index is 1.04. The number of amides is 1. The van der Waals surface area contributed by atoms with E-state index < -0.39 is 36.8 Å². The minimum atomic E-state index is -0.911. The summed E-state index contributed by atoms with van der Waals surface area (Å²) in [5.41, 5.74) is 2.92. The van der Waals surface area contributed by atoms with Crippen molar-refractivity contribution in [2.45, 2.75) is 79.5 Å². The number of carbonyl (C=O) groups excluding carboxylic acids is 1. The van der Waals surface area contributed by atoms with Gasteiger partial charge in [-0.05, 0) is 53.6 Å². The lowest BCUT2D eigenvalue weighted by atomic mass is 9.90. The molecule has 6 rings (SSSR count). The Labute approximate surface area is 270 Å². The molecule has 10 nitrogen and oxygen atoms in total. The number of halogens is 1. The van der Waals surface area contributed by atoms with Gasteiger partial charge in [0.1, 0.15) is 23.8 Å². The molecule has 1 amide bonds. The molecule has 0 bridgehead atoms. The number of thioether (sulfide) groups is 1. The summed E-state index contributed by atoms with van der Waals surface area (Å²) in [7, 11) is 0. The molecular weight excluding hydrogens is 617 g/mol. The average molecular weight is 656 g/mol. The second-order valence-corrected chi connectivity index (χ2v) is 13.0. The number of carbonyl (C=O) groups is 1. The van der Waals surface area contributed by atoms with Crippen LogP contribution in [0.2, 0.25) is 0 Å². The molecule has 0 aliphatic carbocycles.